The highest BCUT2D eigenvalue weighted by Gasteiger charge is 2.55. The maximum atomic E-state index is 14.3. The summed E-state index contributed by atoms with van der Waals surface area (Å²) in [6.45, 7) is 83.3. The van der Waals surface area contributed by atoms with E-state index in [1.165, 1.54) is 116 Å². The van der Waals surface area contributed by atoms with E-state index in [0.29, 0.717) is 60.5 Å². The fraction of sp³-hybridized carbons (Fsp3) is 1.00. The molecule has 108 heavy (non-hydrogen) atoms. The molecule has 6 fully saturated rings. The van der Waals surface area contributed by atoms with Crippen molar-refractivity contribution in [1.82, 2.24) is 34.3 Å². The van der Waals surface area contributed by atoms with Crippen molar-refractivity contribution in [3.05, 3.63) is 0 Å². The van der Waals surface area contributed by atoms with Gasteiger partial charge in [-0.1, -0.05) is 209 Å². The summed E-state index contributed by atoms with van der Waals surface area (Å²) in [5.41, 5.74) is 0. The third kappa shape index (κ3) is 28.0. The zero-order valence-corrected chi connectivity index (χ0v) is 80.9. The molecule has 6 rings (SSSR count). The van der Waals surface area contributed by atoms with Gasteiger partial charge >= 0.3 is 0 Å². The molecule has 0 aromatic carbocycles. The lowest BCUT2D eigenvalue weighted by Gasteiger charge is -2.54. The zero-order chi connectivity index (χ0) is 83.3. The molecule has 24 atom stereocenters. The van der Waals surface area contributed by atoms with Crippen LogP contribution in [0.1, 0.15) is 410 Å². The summed E-state index contributed by atoms with van der Waals surface area (Å²) in [4.78, 5) is 18.7. The smallest absolute Gasteiger partial charge is 0.256 e. The minimum atomic E-state index is -2.98. The van der Waals surface area contributed by atoms with Crippen molar-refractivity contribution in [3.63, 3.8) is 0 Å². The molecule has 6 saturated heterocycles. The molecule has 0 N–H and O–H groups in total. The van der Waals surface area contributed by atoms with Crippen LogP contribution >= 0.6 is 11.8 Å². The zero-order valence-electron chi connectivity index (χ0n) is 79.3. The number of morpholine rings is 1. The van der Waals surface area contributed by atoms with Gasteiger partial charge in [0.1, 0.15) is 0 Å². The second-order valence-electron chi connectivity index (χ2n) is 37.0. The van der Waals surface area contributed by atoms with Crippen LogP contribution in [-0.4, -0.2) is 210 Å². The molecule has 0 aliphatic carbocycles. The minimum Gasteiger partial charge on any atom is -0.372 e. The van der Waals surface area contributed by atoms with Gasteiger partial charge in [-0.25, -0.2) is 17.2 Å². The summed E-state index contributed by atoms with van der Waals surface area (Å²) in [6, 6.07) is 11.0. The Bertz CT molecular complexity index is 2180. The highest BCUT2D eigenvalue weighted by Crippen LogP contribution is 2.47. The molecule has 6 aliphatic rings. The highest BCUT2D eigenvalue weighted by atomic mass is 32.2. The Labute approximate surface area is 680 Å². The van der Waals surface area contributed by atoms with Crippen LogP contribution in [0.25, 0.3) is 0 Å². The number of ether oxygens (including phenoxy) is 1. The van der Waals surface area contributed by atoms with E-state index in [-0.39, 0.29) is 34.7 Å². The number of likely N-dealkylation sites (tertiary alicyclic amines) is 2. The Morgan fingerprint density at radius 2 is 0.491 bits per heavy atom. The summed E-state index contributed by atoms with van der Waals surface area (Å²) < 4.78 is 59.3. The molecule has 6 aliphatic heterocycles. The maximum absolute atomic E-state index is 14.3. The van der Waals surface area contributed by atoms with E-state index in [4.69, 9.17) is 4.74 Å². The normalized spacial score (nSPS) is 36.0. The van der Waals surface area contributed by atoms with Gasteiger partial charge in [-0.2, -0.15) is 11.8 Å². The molecular weight excluding hydrogens is 1380 g/mol. The average Bonchev–Trinajstić information content (AvgIpc) is 0.768. The first kappa shape index (κ1) is 106. The van der Waals surface area contributed by atoms with E-state index in [9.17, 15) is 17.2 Å². The molecule has 6 heterocycles. The van der Waals surface area contributed by atoms with Crippen LogP contribution in [0.2, 0.25) is 0 Å². The van der Waals surface area contributed by atoms with Crippen LogP contribution < -0.4 is 0 Å². The third-order valence-electron chi connectivity index (χ3n) is 30.1. The summed E-state index contributed by atoms with van der Waals surface area (Å²) in [5.74, 6) is -1.15. The third-order valence-corrected chi connectivity index (χ3v) is 34.6. The van der Waals surface area contributed by atoms with E-state index in [2.05, 4.69) is 268 Å². The Kier molecular flexibility index (Phi) is 50.9. The molecule has 24 unspecified atom stereocenters. The van der Waals surface area contributed by atoms with Gasteiger partial charge in [0.05, 0.1) is 22.7 Å². The van der Waals surface area contributed by atoms with Gasteiger partial charge < -0.3 is 4.74 Å². The van der Waals surface area contributed by atoms with Gasteiger partial charge in [0.25, 0.3) is 5.92 Å². The summed E-state index contributed by atoms with van der Waals surface area (Å²) >= 11 is 2.17. The molecule has 10 nitrogen and oxygen atoms in total. The predicted molar refractivity (Wildman–Crippen MR) is 478 cm³/mol. The van der Waals surface area contributed by atoms with Crippen LogP contribution in [-0.2, 0) is 14.6 Å². The predicted octanol–water partition coefficient (Wildman–Crippen LogP) is 25.3. The van der Waals surface area contributed by atoms with Crippen molar-refractivity contribution in [3.8, 4) is 0 Å². The van der Waals surface area contributed by atoms with E-state index in [1.807, 2.05) is 27.7 Å². The lowest BCUT2D eigenvalue weighted by Crippen LogP contribution is -2.66. The van der Waals surface area contributed by atoms with Crippen molar-refractivity contribution in [2.75, 3.05) is 7.05 Å². The highest BCUT2D eigenvalue weighted by molar-refractivity contribution is 8.00. The molecule has 0 bridgehead atoms. The van der Waals surface area contributed by atoms with Crippen molar-refractivity contribution >= 4 is 21.6 Å². The molecule has 0 amide bonds. The molecule has 14 heteroatoms. The number of halogens is 2. The number of alkyl halides is 2. The van der Waals surface area contributed by atoms with E-state index < -0.39 is 27.6 Å². The molecule has 0 aromatic rings. The van der Waals surface area contributed by atoms with Gasteiger partial charge in [-0.3, -0.25) is 34.3 Å². The lowest BCUT2D eigenvalue weighted by atomic mass is 9.72. The second kappa shape index (κ2) is 51.9. The molecular formula is C94H193F2N7O3S2. The van der Waals surface area contributed by atoms with Gasteiger partial charge in [-0.05, 0) is 226 Å². The van der Waals surface area contributed by atoms with Crippen LogP contribution in [0, 0.1) is 29.6 Å². The largest absolute Gasteiger partial charge is 0.372 e. The second-order valence-corrected chi connectivity index (χ2v) is 41.4. The van der Waals surface area contributed by atoms with Crippen LogP contribution in [0.4, 0.5) is 8.78 Å². The quantitative estimate of drug-likeness (QED) is 0.0691. The number of thioether (sulfide) groups is 1. The number of sulfone groups is 1. The Balaban J connectivity index is 0.000000648. The fourth-order valence-electron chi connectivity index (χ4n) is 21.4. The van der Waals surface area contributed by atoms with Crippen molar-refractivity contribution < 1.29 is 21.9 Å². The summed E-state index contributed by atoms with van der Waals surface area (Å²) in [6.07, 6.45) is 31.1. The lowest BCUT2D eigenvalue weighted by molar-refractivity contribution is -0.188. The summed E-state index contributed by atoms with van der Waals surface area (Å²) in [5, 5.41) is 1.04. The van der Waals surface area contributed by atoms with Gasteiger partial charge in [0.2, 0.25) is 0 Å². The fourth-order valence-corrected chi connectivity index (χ4v) is 24.8. The molecule has 0 aromatic heterocycles. The number of nitrogens with zero attached hydrogens (tertiary/aromatic N) is 7. The molecule has 648 valence electrons. The summed E-state index contributed by atoms with van der Waals surface area (Å²) in [7, 11) is -0.690. The standard InChI is InChI=1S/C17H35N.C16H31F2N.C16H34N2.C15H31NO2S.C15H31NO.C15H31NS/c1-8-10-17(11-9-2)18-15(6)13(4)12(3)14(5)16(18)7;1-7-9-15(10-8-2)19-13(5)11(3)16(17,18)12(4)14(19)6;1-8-10-16(11-9-2)18-14(5)12(3)17(7)13(4)15(18)6;1-7-9-15(10-8-2)16-11(3)13(5)19(17,18)14(6)12(16)4;2*1-7-9-15(10-8-2)16-11(3)13(5)17-14(6)12(16)4/h12-17H,8-11H2,1-7H3;11-15H,7-10H2,1-6H3;12-16H,8-11H2,1-7H3;11-15H,7-10H2,1-6H3;2*11-15H,7-10H2,1-6H3. The van der Waals surface area contributed by atoms with Crippen LogP contribution in [0.3, 0.4) is 0 Å². The van der Waals surface area contributed by atoms with E-state index in [1.54, 1.807) is 13.8 Å². The SMILES string of the molecule is CCCC(CCC)N1C(C)C(C)C(C)C(C)C1C.CCCC(CCC)N1C(C)C(C)C(F)(F)C(C)C1C.CCCC(CCC)N1C(C)C(C)N(C)C(C)C1C.CCCC(CCC)N1C(C)C(C)OC(C)C1C.CCCC(CCC)N1C(C)C(C)S(=O)(=O)C(C)C1C.CCCC(CCC)N1C(C)C(C)SC(C)C1C. The molecule has 0 radical (unpaired) electrons. The Morgan fingerprint density at radius 3 is 0.731 bits per heavy atom. The number of rotatable bonds is 30. The average molecular weight is 1570 g/mol. The number of piperazine rings is 1. The number of likely N-dealkylation sites (N-methyl/N-ethyl adjacent to an activating group) is 1. The van der Waals surface area contributed by atoms with Gasteiger partial charge in [-0.15, -0.1) is 0 Å². The minimum absolute atomic E-state index is 0.0377. The van der Waals surface area contributed by atoms with Crippen LogP contribution in [0.5, 0.6) is 0 Å². The molecule has 0 spiro atoms. The van der Waals surface area contributed by atoms with E-state index in [0.717, 1.165) is 115 Å². The van der Waals surface area contributed by atoms with Crippen molar-refractivity contribution in [1.29, 1.82) is 0 Å². The number of hydrogen-bond acceptors (Lipinski definition) is 11. The van der Waals surface area contributed by atoms with Crippen molar-refractivity contribution in [2.24, 2.45) is 29.6 Å². The van der Waals surface area contributed by atoms with Gasteiger partial charge in [0, 0.05) is 143 Å². The van der Waals surface area contributed by atoms with Crippen molar-refractivity contribution in [2.45, 2.75) is 570 Å². The van der Waals surface area contributed by atoms with E-state index >= 15 is 0 Å². The topological polar surface area (TPSA) is 66.0 Å². The molecule has 0 saturated carbocycles. The first-order chi connectivity index (χ1) is 50.5. The Hall–Kier alpha value is -0.160. The number of piperidine rings is 2. The first-order valence-electron chi connectivity index (χ1n) is 46.8. The number of hydrogen-bond donors (Lipinski definition) is 0. The maximum Gasteiger partial charge on any atom is 0.256 e. The monoisotopic (exact) mass is 1570 g/mol. The first-order valence-corrected chi connectivity index (χ1v) is 49.4. The Morgan fingerprint density at radius 1 is 0.287 bits per heavy atom. The van der Waals surface area contributed by atoms with Crippen LogP contribution in [0.15, 0.2) is 0 Å². The van der Waals surface area contributed by atoms with Gasteiger partial charge in [0.15, 0.2) is 9.84 Å².